The Morgan fingerprint density at radius 1 is 1.20 bits per heavy atom. The Kier molecular flexibility index (Phi) is 8.06. The zero-order valence-electron chi connectivity index (χ0n) is 20.3. The van der Waals surface area contributed by atoms with Gasteiger partial charge in [-0.2, -0.15) is 5.10 Å². The fourth-order valence-electron chi connectivity index (χ4n) is 4.00. The molecule has 1 aromatic carbocycles. The molecule has 2 aromatic heterocycles. The fraction of sp³-hybridized carbons (Fsp3) is 0.458. The van der Waals surface area contributed by atoms with Crippen LogP contribution >= 0.6 is 11.8 Å². The molecule has 0 bridgehead atoms. The quantitative estimate of drug-likeness (QED) is 0.307. The van der Waals surface area contributed by atoms with Crippen molar-refractivity contribution in [3.8, 4) is 5.75 Å². The van der Waals surface area contributed by atoms with Crippen LogP contribution in [0.25, 0.3) is 11.0 Å². The molecule has 2 amide bonds. The number of carbonyl (C=O) groups excluding carboxylic acids is 2. The summed E-state index contributed by atoms with van der Waals surface area (Å²) >= 11 is 1.58. The number of amides is 2. The van der Waals surface area contributed by atoms with Crippen molar-refractivity contribution in [1.82, 2.24) is 25.1 Å². The molecule has 1 fully saturated rings. The molecule has 2 N–H and O–H groups in total. The van der Waals surface area contributed by atoms with Gasteiger partial charge in [-0.3, -0.25) is 9.59 Å². The van der Waals surface area contributed by atoms with E-state index < -0.39 is 5.92 Å². The highest BCUT2D eigenvalue weighted by Gasteiger charge is 2.35. The summed E-state index contributed by atoms with van der Waals surface area (Å²) in [6, 6.07) is 7.27. The average molecular weight is 498 g/mol. The summed E-state index contributed by atoms with van der Waals surface area (Å²) < 4.78 is 6.96. The largest absolute Gasteiger partial charge is 0.497 e. The van der Waals surface area contributed by atoms with Crippen molar-refractivity contribution in [3.63, 3.8) is 0 Å². The standard InChI is InChI=1S/C24H31N7O3S/c1-4-10-25-21-19-14-27-31(22(19)29-24(28-21)35-5-2)12-11-26-23(33)16-13-20(32)30(15-16)17-6-8-18(34-3)9-7-17/h6-9,14,16H,4-5,10-13,15H2,1-3H3,(H,26,33)(H,25,28,29). The monoisotopic (exact) mass is 497 g/mol. The molecule has 0 spiro atoms. The molecule has 11 heteroatoms. The molecular formula is C24H31N7O3S. The second-order valence-corrected chi connectivity index (χ2v) is 9.45. The summed E-state index contributed by atoms with van der Waals surface area (Å²) in [5.74, 6) is 1.80. The summed E-state index contributed by atoms with van der Waals surface area (Å²) in [6.45, 7) is 6.21. The molecule has 1 saturated heterocycles. The number of ether oxygens (including phenoxy) is 1. The number of rotatable bonds is 11. The first-order valence-corrected chi connectivity index (χ1v) is 12.8. The SMILES string of the molecule is CCCNc1nc(SCC)nc2c1cnn2CCNC(=O)C1CC(=O)N(c2ccc(OC)cc2)C1. The van der Waals surface area contributed by atoms with E-state index in [1.54, 1.807) is 34.7 Å². The molecule has 1 aliphatic heterocycles. The Morgan fingerprint density at radius 2 is 2.00 bits per heavy atom. The summed E-state index contributed by atoms with van der Waals surface area (Å²) in [5.41, 5.74) is 1.51. The maximum absolute atomic E-state index is 12.8. The third-order valence-electron chi connectivity index (χ3n) is 5.79. The Hall–Kier alpha value is -3.34. The number of aromatic nitrogens is 4. The Balaban J connectivity index is 1.38. The van der Waals surface area contributed by atoms with Crippen molar-refractivity contribution in [1.29, 1.82) is 0 Å². The number of methoxy groups -OCH3 is 1. The lowest BCUT2D eigenvalue weighted by atomic mass is 10.1. The lowest BCUT2D eigenvalue weighted by molar-refractivity contribution is -0.126. The molecule has 4 rings (SSSR count). The van der Waals surface area contributed by atoms with E-state index in [1.807, 2.05) is 24.3 Å². The normalized spacial score (nSPS) is 15.6. The number of anilines is 2. The van der Waals surface area contributed by atoms with E-state index in [1.165, 1.54) is 0 Å². The van der Waals surface area contributed by atoms with Crippen LogP contribution < -0.4 is 20.3 Å². The number of hydrogen-bond donors (Lipinski definition) is 2. The van der Waals surface area contributed by atoms with Crippen LogP contribution in [-0.2, 0) is 16.1 Å². The number of fused-ring (bicyclic) bond motifs is 1. The van der Waals surface area contributed by atoms with Crippen LogP contribution in [0, 0.1) is 5.92 Å². The summed E-state index contributed by atoms with van der Waals surface area (Å²) in [6.07, 6.45) is 2.94. The van der Waals surface area contributed by atoms with E-state index in [4.69, 9.17) is 4.74 Å². The molecule has 0 saturated carbocycles. The smallest absolute Gasteiger partial charge is 0.227 e. The minimum atomic E-state index is -0.390. The third kappa shape index (κ3) is 5.67. The molecule has 10 nitrogen and oxygen atoms in total. The van der Waals surface area contributed by atoms with Crippen LogP contribution in [0.5, 0.6) is 5.75 Å². The van der Waals surface area contributed by atoms with Crippen molar-refractivity contribution >= 4 is 46.1 Å². The van der Waals surface area contributed by atoms with E-state index in [9.17, 15) is 9.59 Å². The molecule has 0 radical (unpaired) electrons. The summed E-state index contributed by atoms with van der Waals surface area (Å²) in [7, 11) is 1.60. The van der Waals surface area contributed by atoms with Gasteiger partial charge in [-0.05, 0) is 36.4 Å². The van der Waals surface area contributed by atoms with E-state index in [0.29, 0.717) is 24.8 Å². The van der Waals surface area contributed by atoms with Gasteiger partial charge in [0.1, 0.15) is 11.6 Å². The molecule has 186 valence electrons. The lowest BCUT2D eigenvalue weighted by Gasteiger charge is -2.17. The second kappa shape index (κ2) is 11.4. The van der Waals surface area contributed by atoms with E-state index in [-0.39, 0.29) is 18.2 Å². The van der Waals surface area contributed by atoms with Gasteiger partial charge in [0.15, 0.2) is 10.8 Å². The number of nitrogens with one attached hydrogen (secondary N) is 2. The maximum atomic E-state index is 12.8. The van der Waals surface area contributed by atoms with Crippen molar-refractivity contribution in [2.75, 3.05) is 42.7 Å². The predicted octanol–water partition coefficient (Wildman–Crippen LogP) is 2.94. The highest BCUT2D eigenvalue weighted by atomic mass is 32.2. The van der Waals surface area contributed by atoms with E-state index >= 15 is 0 Å². The van der Waals surface area contributed by atoms with Gasteiger partial charge in [0.2, 0.25) is 11.8 Å². The molecular weight excluding hydrogens is 466 g/mol. The van der Waals surface area contributed by atoms with Crippen molar-refractivity contribution in [2.45, 2.75) is 38.4 Å². The zero-order chi connectivity index (χ0) is 24.8. The first kappa shape index (κ1) is 24.8. The van der Waals surface area contributed by atoms with Gasteiger partial charge in [-0.25, -0.2) is 14.6 Å². The number of carbonyl (C=O) groups is 2. The predicted molar refractivity (Wildman–Crippen MR) is 137 cm³/mol. The molecule has 1 unspecified atom stereocenters. The van der Waals surface area contributed by atoms with Gasteiger partial charge in [0.05, 0.1) is 31.2 Å². The van der Waals surface area contributed by atoms with Crippen LogP contribution in [-0.4, -0.2) is 64.1 Å². The molecule has 3 aromatic rings. The molecule has 0 aliphatic carbocycles. The van der Waals surface area contributed by atoms with Gasteiger partial charge in [-0.1, -0.05) is 25.6 Å². The number of nitrogens with zero attached hydrogens (tertiary/aromatic N) is 5. The van der Waals surface area contributed by atoms with Gasteiger partial charge in [0.25, 0.3) is 0 Å². The third-order valence-corrected chi connectivity index (χ3v) is 6.52. The highest BCUT2D eigenvalue weighted by Crippen LogP contribution is 2.27. The number of hydrogen-bond acceptors (Lipinski definition) is 8. The minimum absolute atomic E-state index is 0.0573. The topological polar surface area (TPSA) is 114 Å². The van der Waals surface area contributed by atoms with Gasteiger partial charge in [0, 0.05) is 31.7 Å². The summed E-state index contributed by atoms with van der Waals surface area (Å²) in [4.78, 5) is 36.3. The highest BCUT2D eigenvalue weighted by molar-refractivity contribution is 7.99. The Morgan fingerprint density at radius 3 is 2.71 bits per heavy atom. The minimum Gasteiger partial charge on any atom is -0.497 e. The zero-order valence-corrected chi connectivity index (χ0v) is 21.1. The van der Waals surface area contributed by atoms with Crippen LogP contribution in [0.4, 0.5) is 11.5 Å². The molecule has 3 heterocycles. The fourth-order valence-corrected chi connectivity index (χ4v) is 4.56. The van der Waals surface area contributed by atoms with Gasteiger partial charge >= 0.3 is 0 Å². The van der Waals surface area contributed by atoms with Crippen molar-refractivity contribution in [3.05, 3.63) is 30.5 Å². The summed E-state index contributed by atoms with van der Waals surface area (Å²) in [5, 5.41) is 12.4. The van der Waals surface area contributed by atoms with Crippen molar-refractivity contribution in [2.24, 2.45) is 5.92 Å². The van der Waals surface area contributed by atoms with Crippen LogP contribution in [0.1, 0.15) is 26.7 Å². The van der Waals surface area contributed by atoms with Gasteiger partial charge < -0.3 is 20.3 Å². The van der Waals surface area contributed by atoms with E-state index in [0.717, 1.165) is 47.0 Å². The first-order valence-electron chi connectivity index (χ1n) is 11.9. The molecule has 1 atom stereocenters. The Labute approximate surface area is 208 Å². The molecule has 35 heavy (non-hydrogen) atoms. The second-order valence-electron chi connectivity index (χ2n) is 8.21. The van der Waals surface area contributed by atoms with E-state index in [2.05, 4.69) is 39.5 Å². The first-order chi connectivity index (χ1) is 17.0. The van der Waals surface area contributed by atoms with Gasteiger partial charge in [-0.15, -0.1) is 0 Å². The number of benzene rings is 1. The molecule has 1 aliphatic rings. The lowest BCUT2D eigenvalue weighted by Crippen LogP contribution is -2.35. The van der Waals surface area contributed by atoms with Crippen LogP contribution in [0.2, 0.25) is 0 Å². The van der Waals surface area contributed by atoms with Crippen LogP contribution in [0.15, 0.2) is 35.6 Å². The maximum Gasteiger partial charge on any atom is 0.227 e. The Bertz CT molecular complexity index is 1180. The van der Waals surface area contributed by atoms with Crippen LogP contribution in [0.3, 0.4) is 0 Å². The average Bonchev–Trinajstić information content (AvgIpc) is 3.46. The van der Waals surface area contributed by atoms with Crippen molar-refractivity contribution < 1.29 is 14.3 Å². The number of thioether (sulfide) groups is 1.